The minimum Gasteiger partial charge on any atom is -0.495 e. The van der Waals surface area contributed by atoms with Crippen molar-refractivity contribution in [3.05, 3.63) is 52.1 Å². The number of para-hydroxylation sites is 2. The number of rotatable bonds is 5. The fourth-order valence-electron chi connectivity index (χ4n) is 2.14. The van der Waals surface area contributed by atoms with E-state index in [9.17, 15) is 10.1 Å². The molecule has 8 heteroatoms. The molecule has 2 aromatic rings. The van der Waals surface area contributed by atoms with Gasteiger partial charge in [0.2, 0.25) is 0 Å². The lowest BCUT2D eigenvalue weighted by atomic mass is 10.1. The summed E-state index contributed by atoms with van der Waals surface area (Å²) in [5.74, 6) is 0.813. The van der Waals surface area contributed by atoms with Crippen molar-refractivity contribution in [3.8, 4) is 11.5 Å². The maximum atomic E-state index is 11.0. The Morgan fingerprint density at radius 1 is 1.08 bits per heavy atom. The van der Waals surface area contributed by atoms with Crippen LogP contribution in [0.5, 0.6) is 11.5 Å². The summed E-state index contributed by atoms with van der Waals surface area (Å²) in [7, 11) is 2.95. The predicted molar refractivity (Wildman–Crippen MR) is 97.2 cm³/mol. The second-order valence-corrected chi connectivity index (χ2v) is 5.28. The quantitative estimate of drug-likeness (QED) is 0.484. The van der Waals surface area contributed by atoms with Gasteiger partial charge in [0, 0.05) is 17.8 Å². The summed E-state index contributed by atoms with van der Waals surface area (Å²) < 4.78 is 10.3. The molecule has 0 aliphatic carbocycles. The Labute approximate surface area is 144 Å². The molecule has 0 radical (unpaired) electrons. The van der Waals surface area contributed by atoms with Gasteiger partial charge in [-0.15, -0.1) is 0 Å². The van der Waals surface area contributed by atoms with Crippen molar-refractivity contribution >= 4 is 34.4 Å². The lowest BCUT2D eigenvalue weighted by Gasteiger charge is -2.15. The average Bonchev–Trinajstić information content (AvgIpc) is 2.56. The van der Waals surface area contributed by atoms with Crippen molar-refractivity contribution in [2.75, 3.05) is 24.9 Å². The van der Waals surface area contributed by atoms with Crippen LogP contribution in [0.15, 0.2) is 36.4 Å². The molecule has 0 saturated carbocycles. The number of benzene rings is 2. The monoisotopic (exact) mass is 347 g/mol. The maximum Gasteiger partial charge on any atom is 0.311 e. The summed E-state index contributed by atoms with van der Waals surface area (Å²) in [6.45, 7) is 1.75. The van der Waals surface area contributed by atoms with Gasteiger partial charge in [-0.2, -0.15) is 0 Å². The second-order valence-electron chi connectivity index (χ2n) is 4.88. The first kappa shape index (κ1) is 17.5. The highest BCUT2D eigenvalue weighted by molar-refractivity contribution is 7.80. The highest BCUT2D eigenvalue weighted by Gasteiger charge is 2.18. The molecular formula is C16H17N3O4S. The van der Waals surface area contributed by atoms with Crippen molar-refractivity contribution in [2.45, 2.75) is 6.92 Å². The van der Waals surface area contributed by atoms with Gasteiger partial charge in [-0.05, 0) is 36.8 Å². The molecule has 0 saturated heterocycles. The Hall–Kier alpha value is -2.87. The molecule has 0 aliphatic heterocycles. The Balaban J connectivity index is 2.21. The smallest absolute Gasteiger partial charge is 0.311 e. The number of nitrogens with one attached hydrogen (secondary N) is 2. The largest absolute Gasteiger partial charge is 0.495 e. The van der Waals surface area contributed by atoms with E-state index in [1.165, 1.54) is 13.2 Å². The van der Waals surface area contributed by atoms with E-state index in [-0.39, 0.29) is 11.4 Å². The first-order valence-electron chi connectivity index (χ1n) is 7.00. The first-order chi connectivity index (χ1) is 11.5. The molecule has 0 atom stereocenters. The van der Waals surface area contributed by atoms with Crippen LogP contribution in [0.1, 0.15) is 5.56 Å². The standard InChI is InChI=1S/C16H17N3O4S/c1-10-8-13(19(20)21)15(23-3)9-12(10)18-16(24)17-11-6-4-5-7-14(11)22-2/h4-9H,1-3H3,(H2,17,18,24). The molecule has 0 bridgehead atoms. The number of nitrogens with zero attached hydrogens (tertiary/aromatic N) is 1. The molecule has 2 aromatic carbocycles. The van der Waals surface area contributed by atoms with Gasteiger partial charge in [0.15, 0.2) is 10.9 Å². The molecule has 0 amide bonds. The SMILES string of the molecule is COc1ccccc1NC(=S)Nc1cc(OC)c([N+](=O)[O-])cc1C. The van der Waals surface area contributed by atoms with Crippen molar-refractivity contribution < 1.29 is 14.4 Å². The third-order valence-electron chi connectivity index (χ3n) is 3.33. The van der Waals surface area contributed by atoms with Gasteiger partial charge >= 0.3 is 5.69 Å². The zero-order valence-corrected chi connectivity index (χ0v) is 14.3. The van der Waals surface area contributed by atoms with Gasteiger partial charge in [-0.3, -0.25) is 10.1 Å². The summed E-state index contributed by atoms with van der Waals surface area (Å²) in [5, 5.41) is 17.4. The number of hydrogen-bond acceptors (Lipinski definition) is 5. The Bertz CT molecular complexity index is 780. The van der Waals surface area contributed by atoms with Crippen LogP contribution in [0, 0.1) is 17.0 Å². The van der Waals surface area contributed by atoms with Crippen LogP contribution < -0.4 is 20.1 Å². The summed E-state index contributed by atoms with van der Waals surface area (Å²) >= 11 is 5.30. The van der Waals surface area contributed by atoms with Crippen molar-refractivity contribution in [3.63, 3.8) is 0 Å². The summed E-state index contributed by atoms with van der Waals surface area (Å²) in [4.78, 5) is 10.5. The molecule has 2 N–H and O–H groups in total. The molecule has 0 fully saturated rings. The molecule has 0 heterocycles. The normalized spacial score (nSPS) is 9.96. The maximum absolute atomic E-state index is 11.0. The number of methoxy groups -OCH3 is 2. The van der Waals surface area contributed by atoms with Crippen LogP contribution in [0.4, 0.5) is 17.1 Å². The van der Waals surface area contributed by atoms with Crippen molar-refractivity contribution in [1.82, 2.24) is 0 Å². The van der Waals surface area contributed by atoms with E-state index in [2.05, 4.69) is 10.6 Å². The second kappa shape index (κ2) is 7.60. The Morgan fingerprint density at radius 3 is 2.33 bits per heavy atom. The Morgan fingerprint density at radius 2 is 1.71 bits per heavy atom. The van der Waals surface area contributed by atoms with Crippen LogP contribution in [0.3, 0.4) is 0 Å². The third-order valence-corrected chi connectivity index (χ3v) is 3.53. The molecule has 0 aliphatic rings. The van der Waals surface area contributed by atoms with Crippen LogP contribution >= 0.6 is 12.2 Å². The van der Waals surface area contributed by atoms with E-state index < -0.39 is 4.92 Å². The van der Waals surface area contributed by atoms with E-state index in [1.807, 2.05) is 24.3 Å². The summed E-state index contributed by atoms with van der Waals surface area (Å²) in [6, 6.07) is 10.3. The summed E-state index contributed by atoms with van der Waals surface area (Å²) in [5.41, 5.74) is 1.91. The third kappa shape index (κ3) is 3.90. The fourth-order valence-corrected chi connectivity index (χ4v) is 2.36. The van der Waals surface area contributed by atoms with Crippen LogP contribution in [0.25, 0.3) is 0 Å². The molecule has 2 rings (SSSR count). The first-order valence-corrected chi connectivity index (χ1v) is 7.41. The average molecular weight is 347 g/mol. The van der Waals surface area contributed by atoms with Gasteiger partial charge in [-0.25, -0.2) is 0 Å². The van der Waals surface area contributed by atoms with E-state index in [0.29, 0.717) is 27.8 Å². The molecule has 126 valence electrons. The topological polar surface area (TPSA) is 85.7 Å². The van der Waals surface area contributed by atoms with E-state index in [4.69, 9.17) is 21.7 Å². The van der Waals surface area contributed by atoms with E-state index in [0.717, 1.165) is 0 Å². The van der Waals surface area contributed by atoms with Gasteiger partial charge in [-0.1, -0.05) is 12.1 Å². The van der Waals surface area contributed by atoms with E-state index >= 15 is 0 Å². The van der Waals surface area contributed by atoms with Crippen LogP contribution in [0.2, 0.25) is 0 Å². The Kier molecular flexibility index (Phi) is 5.54. The zero-order chi connectivity index (χ0) is 17.7. The summed E-state index contributed by atoms with van der Waals surface area (Å²) in [6.07, 6.45) is 0. The fraction of sp³-hybridized carbons (Fsp3) is 0.188. The minimum atomic E-state index is -0.485. The lowest BCUT2D eigenvalue weighted by Crippen LogP contribution is -2.20. The molecular weight excluding hydrogens is 330 g/mol. The molecule has 24 heavy (non-hydrogen) atoms. The molecule has 0 unspecified atom stereocenters. The van der Waals surface area contributed by atoms with Crippen molar-refractivity contribution in [2.24, 2.45) is 0 Å². The number of thiocarbonyl (C=S) groups is 1. The molecule has 0 spiro atoms. The number of nitro benzene ring substituents is 1. The van der Waals surface area contributed by atoms with Gasteiger partial charge < -0.3 is 20.1 Å². The van der Waals surface area contributed by atoms with Crippen LogP contribution in [-0.2, 0) is 0 Å². The van der Waals surface area contributed by atoms with Gasteiger partial charge in [0.25, 0.3) is 0 Å². The number of nitro groups is 1. The highest BCUT2D eigenvalue weighted by atomic mass is 32.1. The van der Waals surface area contributed by atoms with Crippen molar-refractivity contribution in [1.29, 1.82) is 0 Å². The van der Waals surface area contributed by atoms with Crippen LogP contribution in [-0.4, -0.2) is 24.3 Å². The van der Waals surface area contributed by atoms with Gasteiger partial charge in [0.05, 0.1) is 24.8 Å². The van der Waals surface area contributed by atoms with E-state index in [1.54, 1.807) is 20.1 Å². The minimum absolute atomic E-state index is 0.0934. The number of aryl methyl sites for hydroxylation is 1. The lowest BCUT2D eigenvalue weighted by molar-refractivity contribution is -0.385. The predicted octanol–water partition coefficient (Wildman–Crippen LogP) is 3.73. The zero-order valence-electron chi connectivity index (χ0n) is 13.5. The number of hydrogen-bond donors (Lipinski definition) is 2. The number of ether oxygens (including phenoxy) is 2. The van der Waals surface area contributed by atoms with Gasteiger partial charge in [0.1, 0.15) is 5.75 Å². The highest BCUT2D eigenvalue weighted by Crippen LogP contribution is 2.33. The molecule has 0 aromatic heterocycles. The number of anilines is 2. The molecule has 7 nitrogen and oxygen atoms in total.